The van der Waals surface area contributed by atoms with Crippen LogP contribution in [-0.2, 0) is 4.79 Å². The number of carbonyl (C=O) groups is 1. The molecule has 0 aromatic heterocycles. The van der Waals surface area contributed by atoms with E-state index in [9.17, 15) is 13.6 Å². The van der Waals surface area contributed by atoms with Crippen molar-refractivity contribution in [2.24, 2.45) is 27.7 Å². The highest BCUT2D eigenvalue weighted by atomic mass is 35.5. The molecule has 1 fully saturated rings. The van der Waals surface area contributed by atoms with Gasteiger partial charge in [-0.2, -0.15) is 5.10 Å². The lowest BCUT2D eigenvalue weighted by Crippen LogP contribution is -2.39. The van der Waals surface area contributed by atoms with Gasteiger partial charge in [-0.3, -0.25) is 4.79 Å². The Hall–Kier alpha value is -3.18. The van der Waals surface area contributed by atoms with Crippen molar-refractivity contribution in [3.8, 4) is 0 Å². The minimum Gasteiger partial charge on any atom is -0.382 e. The van der Waals surface area contributed by atoms with Crippen molar-refractivity contribution >= 4 is 28.5 Å². The predicted octanol–water partition coefficient (Wildman–Crippen LogP) is 1.90. The number of halogens is 3. The molecule has 0 spiro atoms. The lowest BCUT2D eigenvalue weighted by atomic mass is 9.83. The molecule has 3 aliphatic rings. The molecule has 4 rings (SSSR count). The highest BCUT2D eigenvalue weighted by molar-refractivity contribution is 6.68. The Bertz CT molecular complexity index is 1040. The fourth-order valence-corrected chi connectivity index (χ4v) is 4.45. The molecule has 3 unspecified atom stereocenters. The first-order valence-corrected chi connectivity index (χ1v) is 10.8. The number of benzene rings is 1. The summed E-state index contributed by atoms with van der Waals surface area (Å²) < 4.78 is 28.0. The first kappa shape index (κ1) is 23.0. The number of hydrogen-bond acceptors (Lipinski definition) is 7. The fraction of sp³-hybridized carbons (Fsp3) is 0.381. The summed E-state index contributed by atoms with van der Waals surface area (Å²) in [6, 6.07) is 6.81. The smallest absolute Gasteiger partial charge is 0.248 e. The second kappa shape index (κ2) is 8.99. The maximum absolute atomic E-state index is 14.0. The second-order valence-electron chi connectivity index (χ2n) is 8.30. The minimum atomic E-state index is -2.78. The van der Waals surface area contributed by atoms with Crippen LogP contribution in [0.3, 0.4) is 0 Å². The third-order valence-corrected chi connectivity index (χ3v) is 5.96. The molecule has 0 radical (unpaired) electrons. The molecule has 1 aliphatic carbocycles. The van der Waals surface area contributed by atoms with E-state index in [0.29, 0.717) is 22.1 Å². The first-order valence-electron chi connectivity index (χ1n) is 10.4. The largest absolute Gasteiger partial charge is 0.382 e. The quantitative estimate of drug-likeness (QED) is 0.214. The molecule has 2 aliphatic heterocycles. The summed E-state index contributed by atoms with van der Waals surface area (Å²) >= 11 is 5.92. The van der Waals surface area contributed by atoms with Gasteiger partial charge in [0.1, 0.15) is 17.2 Å². The number of allylic oxidation sites excluding steroid dienone is 1. The summed E-state index contributed by atoms with van der Waals surface area (Å²) in [5.74, 6) is 1.66. The van der Waals surface area contributed by atoms with Gasteiger partial charge in [0, 0.05) is 25.5 Å². The molecule has 3 atom stereocenters. The van der Waals surface area contributed by atoms with Gasteiger partial charge in [0.15, 0.2) is 5.84 Å². The maximum atomic E-state index is 14.0. The molecule has 1 amide bonds. The van der Waals surface area contributed by atoms with Crippen LogP contribution >= 0.6 is 11.6 Å². The Morgan fingerprint density at radius 1 is 1.42 bits per heavy atom. The third-order valence-electron chi connectivity index (χ3n) is 5.76. The Labute approximate surface area is 194 Å². The van der Waals surface area contributed by atoms with Crippen LogP contribution in [0.1, 0.15) is 36.3 Å². The SMILES string of the molecule is CN(N)/N=C(\N)c1ccc(C(C(=O)NC2=CN3N=C(Cl)C=CC3N2)C2CCC(F)(F)C2)cc1. The van der Waals surface area contributed by atoms with Crippen LogP contribution in [0.5, 0.6) is 0 Å². The topological polar surface area (TPSA) is 124 Å². The van der Waals surface area contributed by atoms with E-state index in [4.69, 9.17) is 23.2 Å². The molecule has 176 valence electrons. The van der Waals surface area contributed by atoms with E-state index in [1.54, 1.807) is 47.6 Å². The Morgan fingerprint density at radius 3 is 2.79 bits per heavy atom. The molecule has 1 aromatic carbocycles. The summed E-state index contributed by atoms with van der Waals surface area (Å²) in [5, 5.41) is 17.0. The summed E-state index contributed by atoms with van der Waals surface area (Å²) in [6.07, 6.45) is 4.44. The zero-order valence-corrected chi connectivity index (χ0v) is 18.6. The van der Waals surface area contributed by atoms with E-state index in [-0.39, 0.29) is 37.2 Å². The molecule has 1 aromatic rings. The number of amidine groups is 1. The number of hydrogen-bond donors (Lipinski definition) is 4. The van der Waals surface area contributed by atoms with Crippen molar-refractivity contribution in [3.63, 3.8) is 0 Å². The molecule has 12 heteroatoms. The molecule has 33 heavy (non-hydrogen) atoms. The lowest BCUT2D eigenvalue weighted by Gasteiger charge is -2.24. The van der Waals surface area contributed by atoms with Gasteiger partial charge in [0.05, 0.1) is 12.1 Å². The number of hydrazone groups is 2. The van der Waals surface area contributed by atoms with Crippen molar-refractivity contribution < 1.29 is 13.6 Å². The fourth-order valence-electron chi connectivity index (χ4n) is 4.29. The van der Waals surface area contributed by atoms with Crippen LogP contribution in [-0.4, -0.2) is 46.2 Å². The van der Waals surface area contributed by atoms with Crippen molar-refractivity contribution in [2.45, 2.75) is 37.3 Å². The summed E-state index contributed by atoms with van der Waals surface area (Å²) in [6.45, 7) is 0. The van der Waals surface area contributed by atoms with Crippen molar-refractivity contribution in [1.29, 1.82) is 0 Å². The molecule has 1 saturated carbocycles. The van der Waals surface area contributed by atoms with Crippen molar-refractivity contribution in [3.05, 3.63) is 59.6 Å². The van der Waals surface area contributed by atoms with E-state index in [1.807, 2.05) is 0 Å². The Balaban J connectivity index is 1.56. The normalized spacial score (nSPS) is 24.5. The number of nitrogens with two attached hydrogens (primary N) is 2. The van der Waals surface area contributed by atoms with Gasteiger partial charge in [-0.05, 0) is 30.1 Å². The summed E-state index contributed by atoms with van der Waals surface area (Å²) in [5.41, 5.74) is 7.14. The first-order chi connectivity index (χ1) is 15.6. The monoisotopic (exact) mass is 478 g/mol. The third kappa shape index (κ3) is 5.25. The van der Waals surface area contributed by atoms with Gasteiger partial charge in [-0.25, -0.2) is 24.8 Å². The Morgan fingerprint density at radius 2 is 2.15 bits per heavy atom. The number of rotatable bonds is 6. The maximum Gasteiger partial charge on any atom is 0.248 e. The average Bonchev–Trinajstić information content (AvgIpc) is 3.29. The van der Waals surface area contributed by atoms with Gasteiger partial charge < -0.3 is 16.4 Å². The average molecular weight is 479 g/mol. The summed E-state index contributed by atoms with van der Waals surface area (Å²) in [4.78, 5) is 13.3. The molecular formula is C21H25ClF2N8O. The van der Waals surface area contributed by atoms with Gasteiger partial charge in [-0.15, -0.1) is 5.10 Å². The standard InChI is InChI=1S/C21H25ClF2N8O/c1-31(26)30-19(25)13-4-2-12(3-5-13)18(14-8-9-21(23,24)10-14)20(33)28-16-11-32-17(27-16)7-6-15(22)29-32/h2-7,11,14,17-18,27H,8-10,26H2,1H3,(H2,25,30)(H,28,33). The zero-order chi connectivity index (χ0) is 23.8. The number of hydrazine groups is 1. The van der Waals surface area contributed by atoms with Gasteiger partial charge in [-0.1, -0.05) is 35.9 Å². The number of nitrogens with one attached hydrogen (secondary N) is 2. The predicted molar refractivity (Wildman–Crippen MR) is 122 cm³/mol. The van der Waals surface area contributed by atoms with Crippen LogP contribution < -0.4 is 22.2 Å². The molecule has 9 nitrogen and oxygen atoms in total. The number of amides is 1. The van der Waals surface area contributed by atoms with Crippen LogP contribution in [0.25, 0.3) is 0 Å². The van der Waals surface area contributed by atoms with Crippen LogP contribution in [0, 0.1) is 5.92 Å². The second-order valence-corrected chi connectivity index (χ2v) is 8.69. The molecule has 6 N–H and O–H groups in total. The molecule has 0 saturated heterocycles. The zero-order valence-electron chi connectivity index (χ0n) is 17.9. The van der Waals surface area contributed by atoms with Gasteiger partial charge >= 0.3 is 0 Å². The number of carbonyl (C=O) groups excluding carboxylic acids is 1. The highest BCUT2D eigenvalue weighted by Gasteiger charge is 2.45. The van der Waals surface area contributed by atoms with Crippen LogP contribution in [0.4, 0.5) is 8.78 Å². The van der Waals surface area contributed by atoms with Crippen molar-refractivity contribution in [1.82, 2.24) is 20.8 Å². The highest BCUT2D eigenvalue weighted by Crippen LogP contribution is 2.45. The molecule has 2 heterocycles. The number of fused-ring (bicyclic) bond motifs is 1. The lowest BCUT2D eigenvalue weighted by molar-refractivity contribution is -0.123. The van der Waals surface area contributed by atoms with Crippen molar-refractivity contribution in [2.75, 3.05) is 7.05 Å². The molecule has 0 bridgehead atoms. The van der Waals surface area contributed by atoms with E-state index < -0.39 is 17.8 Å². The summed E-state index contributed by atoms with van der Waals surface area (Å²) in [7, 11) is 1.54. The Kier molecular flexibility index (Phi) is 6.26. The van der Waals surface area contributed by atoms with Crippen LogP contribution in [0.15, 0.2) is 58.6 Å². The number of alkyl halides is 2. The van der Waals surface area contributed by atoms with E-state index >= 15 is 0 Å². The van der Waals surface area contributed by atoms with E-state index in [2.05, 4.69) is 20.8 Å². The number of nitrogens with zero attached hydrogens (tertiary/aromatic N) is 4. The molecular weight excluding hydrogens is 454 g/mol. The van der Waals surface area contributed by atoms with Gasteiger partial charge in [0.25, 0.3) is 0 Å². The van der Waals surface area contributed by atoms with E-state index in [1.165, 1.54) is 7.05 Å². The minimum absolute atomic E-state index is 0.198. The van der Waals surface area contributed by atoms with Gasteiger partial charge in [0.2, 0.25) is 11.8 Å². The van der Waals surface area contributed by atoms with E-state index in [0.717, 1.165) is 5.12 Å². The van der Waals surface area contributed by atoms with Crippen LogP contribution in [0.2, 0.25) is 0 Å².